The fourth-order valence-electron chi connectivity index (χ4n) is 1.65. The Kier molecular flexibility index (Phi) is 4.47. The maximum absolute atomic E-state index is 5.58. The van der Waals surface area contributed by atoms with Crippen LogP contribution in [-0.4, -0.2) is 29.2 Å². The first kappa shape index (κ1) is 12.8. The molecular formula is C14H19N3O. The number of aromatic nitrogens is 2. The summed E-state index contributed by atoms with van der Waals surface area (Å²) in [6.07, 6.45) is 2.64. The third kappa shape index (κ3) is 3.67. The summed E-state index contributed by atoms with van der Waals surface area (Å²) >= 11 is 0. The molecule has 2 aromatic rings. The highest BCUT2D eigenvalue weighted by molar-refractivity contribution is 5.73. The summed E-state index contributed by atoms with van der Waals surface area (Å²) in [7, 11) is 0. The zero-order valence-electron chi connectivity index (χ0n) is 10.9. The van der Waals surface area contributed by atoms with Crippen molar-refractivity contribution in [3.05, 3.63) is 30.5 Å². The molecule has 0 unspecified atom stereocenters. The SMILES string of the molecule is CC(C)NCCCOc1cnc2ccccc2n1. The van der Waals surface area contributed by atoms with Gasteiger partial charge in [0.25, 0.3) is 0 Å². The van der Waals surface area contributed by atoms with Gasteiger partial charge in [-0.3, -0.25) is 0 Å². The van der Waals surface area contributed by atoms with Crippen LogP contribution in [0, 0.1) is 0 Å². The highest BCUT2D eigenvalue weighted by Gasteiger charge is 2.00. The number of hydrogen-bond donors (Lipinski definition) is 1. The van der Waals surface area contributed by atoms with Crippen molar-refractivity contribution in [1.82, 2.24) is 15.3 Å². The van der Waals surface area contributed by atoms with Gasteiger partial charge in [-0.1, -0.05) is 26.0 Å². The first-order chi connectivity index (χ1) is 8.75. The maximum Gasteiger partial charge on any atom is 0.232 e. The third-order valence-corrected chi connectivity index (χ3v) is 2.55. The number of nitrogens with zero attached hydrogens (tertiary/aromatic N) is 2. The highest BCUT2D eigenvalue weighted by Crippen LogP contribution is 2.12. The molecule has 0 bridgehead atoms. The van der Waals surface area contributed by atoms with E-state index in [1.54, 1.807) is 6.20 Å². The summed E-state index contributed by atoms with van der Waals surface area (Å²) < 4.78 is 5.58. The van der Waals surface area contributed by atoms with Gasteiger partial charge in [0, 0.05) is 6.04 Å². The molecule has 1 aromatic heterocycles. The molecule has 0 atom stereocenters. The lowest BCUT2D eigenvalue weighted by Gasteiger charge is -2.08. The summed E-state index contributed by atoms with van der Waals surface area (Å²) in [6.45, 7) is 5.89. The first-order valence-electron chi connectivity index (χ1n) is 6.33. The molecule has 4 nitrogen and oxygen atoms in total. The molecule has 0 amide bonds. The van der Waals surface area contributed by atoms with Gasteiger partial charge in [0.05, 0.1) is 23.8 Å². The second kappa shape index (κ2) is 6.31. The molecule has 0 spiro atoms. The van der Waals surface area contributed by atoms with Crippen molar-refractivity contribution in [3.8, 4) is 5.88 Å². The van der Waals surface area contributed by atoms with Gasteiger partial charge in [-0.25, -0.2) is 9.97 Å². The molecule has 0 aliphatic heterocycles. The van der Waals surface area contributed by atoms with E-state index in [1.165, 1.54) is 0 Å². The molecule has 0 fully saturated rings. The molecule has 1 heterocycles. The number of nitrogens with one attached hydrogen (secondary N) is 1. The second-order valence-electron chi connectivity index (χ2n) is 4.51. The van der Waals surface area contributed by atoms with Gasteiger partial charge >= 0.3 is 0 Å². The van der Waals surface area contributed by atoms with Crippen molar-refractivity contribution in [2.45, 2.75) is 26.3 Å². The van der Waals surface area contributed by atoms with E-state index in [9.17, 15) is 0 Å². The predicted octanol–water partition coefficient (Wildman–Crippen LogP) is 2.40. The number of para-hydroxylation sites is 2. The van der Waals surface area contributed by atoms with Crippen molar-refractivity contribution in [1.29, 1.82) is 0 Å². The van der Waals surface area contributed by atoms with Gasteiger partial charge in [0.2, 0.25) is 5.88 Å². The van der Waals surface area contributed by atoms with E-state index in [2.05, 4.69) is 29.1 Å². The first-order valence-corrected chi connectivity index (χ1v) is 6.33. The maximum atomic E-state index is 5.58. The molecule has 18 heavy (non-hydrogen) atoms. The number of fused-ring (bicyclic) bond motifs is 1. The van der Waals surface area contributed by atoms with E-state index in [0.717, 1.165) is 24.0 Å². The van der Waals surface area contributed by atoms with Crippen LogP contribution in [0.3, 0.4) is 0 Å². The van der Waals surface area contributed by atoms with Crippen molar-refractivity contribution >= 4 is 11.0 Å². The van der Waals surface area contributed by atoms with Crippen LogP contribution in [0.4, 0.5) is 0 Å². The van der Waals surface area contributed by atoms with E-state index in [4.69, 9.17) is 4.74 Å². The average molecular weight is 245 g/mol. The minimum absolute atomic E-state index is 0.519. The number of rotatable bonds is 6. The summed E-state index contributed by atoms with van der Waals surface area (Å²) in [4.78, 5) is 8.71. The zero-order valence-corrected chi connectivity index (χ0v) is 10.9. The summed E-state index contributed by atoms with van der Waals surface area (Å²) in [5.41, 5.74) is 1.77. The Morgan fingerprint density at radius 3 is 2.78 bits per heavy atom. The Hall–Kier alpha value is -1.68. The van der Waals surface area contributed by atoms with Crippen molar-refractivity contribution < 1.29 is 4.74 Å². The Bertz CT molecular complexity index is 499. The van der Waals surface area contributed by atoms with Gasteiger partial charge < -0.3 is 10.1 Å². The van der Waals surface area contributed by atoms with Crippen LogP contribution in [-0.2, 0) is 0 Å². The van der Waals surface area contributed by atoms with E-state index >= 15 is 0 Å². The molecule has 0 saturated carbocycles. The third-order valence-electron chi connectivity index (χ3n) is 2.55. The highest BCUT2D eigenvalue weighted by atomic mass is 16.5. The fraction of sp³-hybridized carbons (Fsp3) is 0.429. The Morgan fingerprint density at radius 2 is 2.00 bits per heavy atom. The molecule has 0 aliphatic carbocycles. The van der Waals surface area contributed by atoms with Crippen molar-refractivity contribution in [2.75, 3.05) is 13.2 Å². The van der Waals surface area contributed by atoms with Crippen molar-refractivity contribution in [2.24, 2.45) is 0 Å². The average Bonchev–Trinajstić information content (AvgIpc) is 2.38. The normalized spacial score (nSPS) is 11.1. The van der Waals surface area contributed by atoms with Crippen LogP contribution in [0.2, 0.25) is 0 Å². The van der Waals surface area contributed by atoms with E-state index in [1.807, 2.05) is 24.3 Å². The summed E-state index contributed by atoms with van der Waals surface area (Å²) in [5.74, 6) is 0.596. The number of benzene rings is 1. The zero-order chi connectivity index (χ0) is 12.8. The van der Waals surface area contributed by atoms with Crippen LogP contribution in [0.1, 0.15) is 20.3 Å². The largest absolute Gasteiger partial charge is 0.477 e. The molecule has 0 saturated heterocycles. The van der Waals surface area contributed by atoms with Crippen LogP contribution in [0.15, 0.2) is 30.5 Å². The van der Waals surface area contributed by atoms with Gasteiger partial charge in [-0.05, 0) is 25.1 Å². The second-order valence-corrected chi connectivity index (χ2v) is 4.51. The Labute approximate surface area is 107 Å². The molecule has 1 N–H and O–H groups in total. The minimum Gasteiger partial charge on any atom is -0.477 e. The Balaban J connectivity index is 1.84. The smallest absolute Gasteiger partial charge is 0.232 e. The molecule has 1 aromatic carbocycles. The molecule has 0 radical (unpaired) electrons. The molecular weight excluding hydrogens is 226 g/mol. The topological polar surface area (TPSA) is 47.0 Å². The lowest BCUT2D eigenvalue weighted by atomic mass is 10.3. The van der Waals surface area contributed by atoms with E-state index in [-0.39, 0.29) is 0 Å². The monoisotopic (exact) mass is 245 g/mol. The summed E-state index contributed by atoms with van der Waals surface area (Å²) in [5, 5.41) is 3.35. The van der Waals surface area contributed by atoms with Crippen LogP contribution < -0.4 is 10.1 Å². The minimum atomic E-state index is 0.519. The van der Waals surface area contributed by atoms with Crippen LogP contribution >= 0.6 is 0 Å². The Morgan fingerprint density at radius 1 is 1.22 bits per heavy atom. The van der Waals surface area contributed by atoms with Gasteiger partial charge in [-0.15, -0.1) is 0 Å². The van der Waals surface area contributed by atoms with E-state index in [0.29, 0.717) is 18.5 Å². The van der Waals surface area contributed by atoms with Crippen LogP contribution in [0.5, 0.6) is 5.88 Å². The van der Waals surface area contributed by atoms with Crippen LogP contribution in [0.25, 0.3) is 11.0 Å². The van der Waals surface area contributed by atoms with Gasteiger partial charge in [0.1, 0.15) is 0 Å². The molecule has 2 rings (SSSR count). The fourth-order valence-corrected chi connectivity index (χ4v) is 1.65. The standard InChI is InChI=1S/C14H19N3O/c1-11(2)15-8-5-9-18-14-10-16-12-6-3-4-7-13(12)17-14/h3-4,6-7,10-11,15H,5,8-9H2,1-2H3. The predicted molar refractivity (Wildman–Crippen MR) is 72.8 cm³/mol. The number of ether oxygens (including phenoxy) is 1. The number of hydrogen-bond acceptors (Lipinski definition) is 4. The van der Waals surface area contributed by atoms with E-state index < -0.39 is 0 Å². The van der Waals surface area contributed by atoms with Crippen molar-refractivity contribution in [3.63, 3.8) is 0 Å². The molecule has 0 aliphatic rings. The quantitative estimate of drug-likeness (QED) is 0.794. The van der Waals surface area contributed by atoms with Gasteiger partial charge in [0.15, 0.2) is 0 Å². The lowest BCUT2D eigenvalue weighted by molar-refractivity contribution is 0.295. The lowest BCUT2D eigenvalue weighted by Crippen LogP contribution is -2.24. The molecule has 4 heteroatoms. The summed E-state index contributed by atoms with van der Waals surface area (Å²) in [6, 6.07) is 8.31. The van der Waals surface area contributed by atoms with Gasteiger partial charge in [-0.2, -0.15) is 0 Å². The molecule has 96 valence electrons.